The number of ketones is 1. The average Bonchev–Trinajstić information content (AvgIpc) is 3.64. The molecule has 7 rings (SSSR count). The molecule has 0 radical (unpaired) electrons. The summed E-state index contributed by atoms with van der Waals surface area (Å²) in [6, 6.07) is 26.6. The molecule has 0 bridgehead atoms. The van der Waals surface area contributed by atoms with Crippen LogP contribution < -0.4 is 4.74 Å². The predicted molar refractivity (Wildman–Crippen MR) is 183 cm³/mol. The van der Waals surface area contributed by atoms with Gasteiger partial charge in [0.15, 0.2) is 11.6 Å². The molecule has 2 fully saturated rings. The molecule has 1 saturated carbocycles. The van der Waals surface area contributed by atoms with Gasteiger partial charge in [0, 0.05) is 24.3 Å². The summed E-state index contributed by atoms with van der Waals surface area (Å²) in [5, 5.41) is 11.0. The van der Waals surface area contributed by atoms with Crippen molar-refractivity contribution in [3.63, 3.8) is 0 Å². The molecule has 1 N–H and O–H groups in total. The second-order valence-corrected chi connectivity index (χ2v) is 13.6. The van der Waals surface area contributed by atoms with Gasteiger partial charge < -0.3 is 14.7 Å². The lowest BCUT2D eigenvalue weighted by molar-refractivity contribution is -0.147. The molecule has 3 aromatic carbocycles. The highest BCUT2D eigenvalue weighted by Gasteiger charge is 2.61. The van der Waals surface area contributed by atoms with Crippen molar-refractivity contribution < 1.29 is 24.2 Å². The SMILES string of the molecule is O=C1C[C@]2(C(=O)O)C[C@@H]2/C=C\CCCCC[C@H](Cc2ccccc2)C(=O)N2C[C@H](Oc3nc(-c4ccccc4)nc4ccccc34)C[C@@H]12. The molecule has 246 valence electrons. The van der Waals surface area contributed by atoms with Crippen LogP contribution in [-0.2, 0) is 20.8 Å². The number of nitrogens with zero attached hydrogens (tertiary/aromatic N) is 3. The third kappa shape index (κ3) is 6.61. The average molecular weight is 644 g/mol. The van der Waals surface area contributed by atoms with Crippen LogP contribution in [0, 0.1) is 17.3 Å². The highest BCUT2D eigenvalue weighted by Crippen LogP contribution is 2.57. The van der Waals surface area contributed by atoms with Crippen molar-refractivity contribution in [2.45, 2.75) is 69.9 Å². The number of para-hydroxylation sites is 1. The molecule has 5 atom stereocenters. The quantitative estimate of drug-likeness (QED) is 0.224. The van der Waals surface area contributed by atoms with Crippen molar-refractivity contribution in [1.29, 1.82) is 0 Å². The molecule has 1 aliphatic carbocycles. The first-order valence-corrected chi connectivity index (χ1v) is 17.2. The molecule has 8 heteroatoms. The van der Waals surface area contributed by atoms with E-state index in [2.05, 4.69) is 6.08 Å². The van der Waals surface area contributed by atoms with Gasteiger partial charge >= 0.3 is 5.97 Å². The van der Waals surface area contributed by atoms with Gasteiger partial charge in [-0.05, 0) is 55.7 Å². The summed E-state index contributed by atoms with van der Waals surface area (Å²) in [7, 11) is 0. The van der Waals surface area contributed by atoms with Gasteiger partial charge in [-0.15, -0.1) is 0 Å². The van der Waals surface area contributed by atoms with E-state index in [4.69, 9.17) is 14.7 Å². The topological polar surface area (TPSA) is 110 Å². The van der Waals surface area contributed by atoms with Crippen LogP contribution >= 0.6 is 0 Å². The molecule has 0 unspecified atom stereocenters. The maximum absolute atomic E-state index is 14.5. The lowest BCUT2D eigenvalue weighted by Gasteiger charge is -2.29. The maximum Gasteiger partial charge on any atom is 0.310 e. The summed E-state index contributed by atoms with van der Waals surface area (Å²) >= 11 is 0. The Morgan fingerprint density at radius 2 is 1.67 bits per heavy atom. The van der Waals surface area contributed by atoms with Gasteiger partial charge in [0.1, 0.15) is 6.10 Å². The molecule has 2 aliphatic heterocycles. The molecule has 0 spiro atoms. The van der Waals surface area contributed by atoms with Crippen LogP contribution in [-0.4, -0.2) is 56.3 Å². The van der Waals surface area contributed by atoms with E-state index >= 15 is 0 Å². The fourth-order valence-electron chi connectivity index (χ4n) is 7.52. The van der Waals surface area contributed by atoms with E-state index in [9.17, 15) is 19.5 Å². The van der Waals surface area contributed by atoms with Crippen LogP contribution in [0.25, 0.3) is 22.3 Å². The number of hydrogen-bond acceptors (Lipinski definition) is 6. The summed E-state index contributed by atoms with van der Waals surface area (Å²) < 4.78 is 6.63. The standard InChI is InChI=1S/C40H41N3O5/c44-35-25-40(39(46)47)24-30(40)19-11-3-1-2-8-18-29(22-27-14-6-4-7-15-27)38(45)43-26-31(23-34(35)43)48-37-32-20-12-13-21-33(32)41-36(42-37)28-16-9-5-10-17-28/h4-7,9-17,19-21,29-31,34H,1-3,8,18,22-26H2,(H,46,47)/b19-11-/t29-,30+,31-,34+,40-/m1/s1. The zero-order valence-corrected chi connectivity index (χ0v) is 27.0. The number of hydrogen-bond donors (Lipinski definition) is 1. The summed E-state index contributed by atoms with van der Waals surface area (Å²) in [4.78, 5) is 52.6. The number of ether oxygens (including phenoxy) is 1. The predicted octanol–water partition coefficient (Wildman–Crippen LogP) is 7.07. The van der Waals surface area contributed by atoms with E-state index in [-0.39, 0.29) is 42.9 Å². The smallest absolute Gasteiger partial charge is 0.310 e. The number of carboxylic acid groups (broad SMARTS) is 1. The molecule has 1 saturated heterocycles. The Balaban J connectivity index is 1.22. The minimum atomic E-state index is -1.11. The number of carbonyl (C=O) groups is 3. The Bertz CT molecular complexity index is 1830. The number of fused-ring (bicyclic) bond motifs is 3. The second-order valence-electron chi connectivity index (χ2n) is 13.6. The molecule has 8 nitrogen and oxygen atoms in total. The Labute approximate surface area is 280 Å². The minimum absolute atomic E-state index is 0.0643. The number of aromatic nitrogens is 2. The third-order valence-electron chi connectivity index (χ3n) is 10.3. The Morgan fingerprint density at radius 1 is 0.917 bits per heavy atom. The second kappa shape index (κ2) is 13.7. The van der Waals surface area contributed by atoms with Crippen molar-refractivity contribution in [2.75, 3.05) is 6.54 Å². The Kier molecular flexibility index (Phi) is 9.06. The van der Waals surface area contributed by atoms with E-state index in [0.717, 1.165) is 54.1 Å². The molecule has 3 heterocycles. The highest BCUT2D eigenvalue weighted by atomic mass is 16.5. The normalized spacial score (nSPS) is 27.0. The fraction of sp³-hybridized carbons (Fsp3) is 0.375. The van der Waals surface area contributed by atoms with Gasteiger partial charge in [-0.25, -0.2) is 4.98 Å². The fourth-order valence-corrected chi connectivity index (χ4v) is 7.52. The molecule has 1 aromatic heterocycles. The van der Waals surface area contributed by atoms with Crippen molar-refractivity contribution in [2.24, 2.45) is 17.3 Å². The number of amides is 1. The van der Waals surface area contributed by atoms with Crippen LogP contribution in [0.4, 0.5) is 0 Å². The molecule has 3 aliphatic rings. The number of rotatable bonds is 6. The van der Waals surface area contributed by atoms with Gasteiger partial charge in [0.2, 0.25) is 11.8 Å². The van der Waals surface area contributed by atoms with E-state index in [1.165, 1.54) is 0 Å². The molecule has 4 aromatic rings. The number of aliphatic carboxylic acids is 1. The van der Waals surface area contributed by atoms with Gasteiger partial charge in [-0.2, -0.15) is 4.98 Å². The van der Waals surface area contributed by atoms with Crippen LogP contribution in [0.2, 0.25) is 0 Å². The zero-order chi connectivity index (χ0) is 33.1. The van der Waals surface area contributed by atoms with Crippen molar-refractivity contribution in [3.05, 3.63) is 103 Å². The minimum Gasteiger partial charge on any atom is -0.481 e. The van der Waals surface area contributed by atoms with Gasteiger partial charge in [0.25, 0.3) is 0 Å². The van der Waals surface area contributed by atoms with E-state index < -0.39 is 23.5 Å². The summed E-state index contributed by atoms with van der Waals surface area (Å²) in [5.74, 6) is -0.749. The molecule has 1 amide bonds. The molecular weight excluding hydrogens is 602 g/mol. The maximum atomic E-state index is 14.5. The van der Waals surface area contributed by atoms with Crippen LogP contribution in [0.15, 0.2) is 97.1 Å². The summed E-state index contributed by atoms with van der Waals surface area (Å²) in [6.07, 6.45) is 9.23. The number of benzene rings is 3. The van der Waals surface area contributed by atoms with Gasteiger partial charge in [-0.3, -0.25) is 14.4 Å². The lowest BCUT2D eigenvalue weighted by atomic mass is 9.90. The van der Waals surface area contributed by atoms with E-state index in [1.807, 2.05) is 91.0 Å². The Hall–Kier alpha value is -4.85. The molecule has 48 heavy (non-hydrogen) atoms. The first-order chi connectivity index (χ1) is 23.4. The number of Topliss-reactive ketones (excluding diaryl/α,β-unsaturated/α-hetero) is 1. The largest absolute Gasteiger partial charge is 0.481 e. The van der Waals surface area contributed by atoms with Gasteiger partial charge in [0.05, 0.1) is 28.9 Å². The number of carbonyl (C=O) groups excluding carboxylic acids is 2. The first kappa shape index (κ1) is 31.7. The monoisotopic (exact) mass is 643 g/mol. The van der Waals surface area contributed by atoms with Gasteiger partial charge in [-0.1, -0.05) is 97.8 Å². The van der Waals surface area contributed by atoms with E-state index in [0.29, 0.717) is 24.5 Å². The van der Waals surface area contributed by atoms with Crippen molar-refractivity contribution in [1.82, 2.24) is 14.9 Å². The van der Waals surface area contributed by atoms with Crippen LogP contribution in [0.3, 0.4) is 0 Å². The molecular formula is C40H41N3O5. The zero-order valence-electron chi connectivity index (χ0n) is 27.0. The van der Waals surface area contributed by atoms with Crippen molar-refractivity contribution >= 4 is 28.6 Å². The van der Waals surface area contributed by atoms with E-state index in [1.54, 1.807) is 4.90 Å². The number of allylic oxidation sites excluding steroid dienone is 2. The first-order valence-electron chi connectivity index (χ1n) is 17.2. The summed E-state index contributed by atoms with van der Waals surface area (Å²) in [6.45, 7) is 0.225. The highest BCUT2D eigenvalue weighted by molar-refractivity contribution is 5.95. The van der Waals surface area contributed by atoms with Crippen LogP contribution in [0.1, 0.15) is 56.9 Å². The Morgan fingerprint density at radius 3 is 2.46 bits per heavy atom. The summed E-state index contributed by atoms with van der Waals surface area (Å²) in [5.41, 5.74) is 1.56. The lowest BCUT2D eigenvalue weighted by Crippen LogP contribution is -2.45. The van der Waals surface area contributed by atoms with Crippen LogP contribution in [0.5, 0.6) is 5.88 Å². The number of carboxylic acids is 1. The third-order valence-corrected chi connectivity index (χ3v) is 10.3. The van der Waals surface area contributed by atoms with Crippen molar-refractivity contribution in [3.8, 4) is 17.3 Å².